The number of fused-ring (bicyclic) bond motifs is 6. The lowest BCUT2D eigenvalue weighted by atomic mass is 9.94. The Labute approximate surface area is 247 Å². The Morgan fingerprint density at radius 2 is 0.976 bits per heavy atom. The van der Waals surface area contributed by atoms with Crippen LogP contribution in [0.2, 0.25) is 0 Å². The number of anilines is 4. The van der Waals surface area contributed by atoms with Crippen LogP contribution in [-0.4, -0.2) is 13.9 Å². The number of allylic oxidation sites excluding steroid dienone is 6. The Morgan fingerprint density at radius 1 is 0.585 bits per heavy atom. The topological polar surface area (TPSA) is 6.48 Å². The molecule has 0 fully saturated rings. The van der Waals surface area contributed by atoms with E-state index < -0.39 is 0 Å². The van der Waals surface area contributed by atoms with Crippen LogP contribution in [-0.2, 0) is 0 Å². The molecule has 198 valence electrons. The van der Waals surface area contributed by atoms with E-state index in [-0.39, 0.29) is 0 Å². The van der Waals surface area contributed by atoms with Crippen LogP contribution in [0.25, 0.3) is 11.1 Å². The number of para-hydroxylation sites is 2. The zero-order valence-corrected chi connectivity index (χ0v) is 24.2. The van der Waals surface area contributed by atoms with Crippen molar-refractivity contribution in [1.82, 2.24) is 0 Å². The summed E-state index contributed by atoms with van der Waals surface area (Å²) in [6.45, 7) is 0. The molecule has 0 bridgehead atoms. The monoisotopic (exact) mass is 546 g/mol. The highest BCUT2D eigenvalue weighted by atomic mass is 31.0. The predicted octanol–water partition coefficient (Wildman–Crippen LogP) is 9.50. The fraction of sp³-hybridized carbons (Fsp3) is 0.135. The number of rotatable bonds is 3. The average Bonchev–Trinajstić information content (AvgIpc) is 3.55. The van der Waals surface area contributed by atoms with Crippen molar-refractivity contribution < 1.29 is 0 Å². The van der Waals surface area contributed by atoms with Crippen molar-refractivity contribution in [3.8, 4) is 11.1 Å². The van der Waals surface area contributed by atoms with Crippen LogP contribution >= 0.6 is 9.24 Å². The molecule has 2 nitrogen and oxygen atoms in total. The van der Waals surface area contributed by atoms with Crippen molar-refractivity contribution in [2.24, 2.45) is 0 Å². The molecule has 0 aromatic heterocycles. The summed E-state index contributed by atoms with van der Waals surface area (Å²) in [5.41, 5.74) is 13.0. The van der Waals surface area contributed by atoms with Crippen LogP contribution in [0.4, 0.5) is 22.7 Å². The van der Waals surface area contributed by atoms with E-state index in [4.69, 9.17) is 7.85 Å². The van der Waals surface area contributed by atoms with E-state index in [1.54, 1.807) is 0 Å². The minimum atomic E-state index is 0.359. The third-order valence-electron chi connectivity index (χ3n) is 8.35. The van der Waals surface area contributed by atoms with Gasteiger partial charge in [-0.2, -0.15) is 0 Å². The molecule has 4 heteroatoms. The van der Waals surface area contributed by atoms with Crippen molar-refractivity contribution in [3.05, 3.63) is 156 Å². The highest BCUT2D eigenvalue weighted by molar-refractivity contribution is 7.19. The zero-order valence-electron chi connectivity index (χ0n) is 23.0. The van der Waals surface area contributed by atoms with Crippen molar-refractivity contribution in [2.75, 3.05) is 15.9 Å². The summed E-state index contributed by atoms with van der Waals surface area (Å²) in [5.74, 6) is 0.717. The first kappa shape index (κ1) is 25.9. The number of benzene rings is 4. The van der Waals surface area contributed by atoms with Gasteiger partial charge in [0.05, 0.1) is 19.2 Å². The van der Waals surface area contributed by atoms with E-state index >= 15 is 0 Å². The van der Waals surface area contributed by atoms with Gasteiger partial charge in [-0.3, -0.25) is 0 Å². The van der Waals surface area contributed by atoms with Crippen LogP contribution in [0.15, 0.2) is 145 Å². The molecule has 41 heavy (non-hydrogen) atoms. The highest BCUT2D eigenvalue weighted by Gasteiger charge is 2.34. The average molecular weight is 546 g/mol. The molecule has 4 aromatic rings. The molecule has 2 aliphatic heterocycles. The second kappa shape index (κ2) is 11.1. The van der Waals surface area contributed by atoms with E-state index in [9.17, 15) is 0 Å². The van der Waals surface area contributed by atoms with Crippen LogP contribution < -0.4 is 9.80 Å². The smallest absolute Gasteiger partial charge is 0.0709 e. The Bertz CT molecular complexity index is 1570. The summed E-state index contributed by atoms with van der Waals surface area (Å²) in [4.78, 5) is 4.87. The molecule has 0 amide bonds. The SMILES string of the molecule is C1=CC2C(=CC1)N(c1ccc(-c3ccc(N4C5=CCC=CC5c5ccccc54)cc3)cc1)c1ccccc12.[B]CP. The maximum Gasteiger partial charge on any atom is 0.0709 e. The summed E-state index contributed by atoms with van der Waals surface area (Å²) < 4.78 is 0. The van der Waals surface area contributed by atoms with Crippen LogP contribution in [0.3, 0.4) is 0 Å². The molecule has 0 saturated heterocycles. The zero-order chi connectivity index (χ0) is 27.8. The Kier molecular flexibility index (Phi) is 6.99. The Morgan fingerprint density at radius 3 is 1.39 bits per heavy atom. The maximum absolute atomic E-state index is 4.81. The fourth-order valence-electron chi connectivity index (χ4n) is 6.61. The van der Waals surface area contributed by atoms with E-state index in [0.29, 0.717) is 17.9 Å². The maximum atomic E-state index is 4.81. The molecular weight excluding hydrogens is 514 g/mol. The van der Waals surface area contributed by atoms with E-state index in [0.717, 1.165) is 12.8 Å². The fourth-order valence-corrected chi connectivity index (χ4v) is 6.61. The normalized spacial score (nSPS) is 19.3. The molecule has 4 aromatic carbocycles. The molecule has 4 aliphatic rings. The van der Waals surface area contributed by atoms with Crippen LogP contribution in [0, 0.1) is 0 Å². The lowest BCUT2D eigenvalue weighted by Gasteiger charge is -2.25. The summed E-state index contributed by atoms with van der Waals surface area (Å²) >= 11 is 0. The number of hydrogen-bond donors (Lipinski definition) is 0. The second-order valence-electron chi connectivity index (χ2n) is 10.7. The third-order valence-corrected chi connectivity index (χ3v) is 8.35. The van der Waals surface area contributed by atoms with Crippen LogP contribution in [0.5, 0.6) is 0 Å². The molecular formula is C37H32BN2P. The lowest BCUT2D eigenvalue weighted by molar-refractivity contribution is 0.971. The summed E-state index contributed by atoms with van der Waals surface area (Å²) in [6, 6.07) is 36.4. The van der Waals surface area contributed by atoms with Gasteiger partial charge in [0, 0.05) is 34.6 Å². The van der Waals surface area contributed by atoms with Crippen molar-refractivity contribution >= 4 is 39.8 Å². The molecule has 0 spiro atoms. The van der Waals surface area contributed by atoms with Crippen molar-refractivity contribution in [3.63, 3.8) is 0 Å². The molecule has 2 radical (unpaired) electrons. The molecule has 0 saturated carbocycles. The van der Waals surface area contributed by atoms with Gasteiger partial charge in [0.1, 0.15) is 0 Å². The van der Waals surface area contributed by atoms with Gasteiger partial charge in [0.15, 0.2) is 0 Å². The molecule has 0 N–H and O–H groups in total. The van der Waals surface area contributed by atoms with Crippen LogP contribution in [0.1, 0.15) is 35.8 Å². The third kappa shape index (κ3) is 4.50. The highest BCUT2D eigenvalue weighted by Crippen LogP contribution is 2.51. The molecule has 2 aliphatic carbocycles. The van der Waals surface area contributed by atoms with Gasteiger partial charge in [0.25, 0.3) is 0 Å². The molecule has 2 heterocycles. The van der Waals surface area contributed by atoms with Crippen molar-refractivity contribution in [1.29, 1.82) is 0 Å². The first-order chi connectivity index (χ1) is 20.3. The summed E-state index contributed by atoms with van der Waals surface area (Å²) in [7, 11) is 7.17. The van der Waals surface area contributed by atoms with E-state index in [1.165, 1.54) is 56.4 Å². The molecule has 3 atom stereocenters. The number of nitrogens with zero attached hydrogens (tertiary/aromatic N) is 2. The second-order valence-corrected chi connectivity index (χ2v) is 11.1. The first-order valence-electron chi connectivity index (χ1n) is 14.4. The minimum Gasteiger partial charge on any atom is -0.313 e. The van der Waals surface area contributed by atoms with Gasteiger partial charge in [0.2, 0.25) is 0 Å². The van der Waals surface area contributed by atoms with Gasteiger partial charge in [-0.05, 0) is 71.5 Å². The van der Waals surface area contributed by atoms with Crippen molar-refractivity contribution in [2.45, 2.75) is 24.7 Å². The Balaban J connectivity index is 0.000000884. The molecule has 8 rings (SSSR count). The van der Waals surface area contributed by atoms with E-state index in [1.807, 2.05) is 0 Å². The van der Waals surface area contributed by atoms with Gasteiger partial charge in [-0.15, -0.1) is 9.24 Å². The Hall–Kier alpha value is -4.07. The standard InChI is InChI=1S/C36H28N2.CH4BP/c1-5-13-33-29(9-1)30-10-2-6-14-34(30)37(33)27-21-17-25(18-22-27)26-19-23-28(24-20-26)38-35-15-7-3-11-31(35)32-12-4-8-16-36(32)38;2-1-3/h1-5,7,9-24,30,32H,6,8H2;1,3H2. The number of hydrogen-bond acceptors (Lipinski definition) is 2. The van der Waals surface area contributed by atoms with E-state index in [2.05, 4.69) is 153 Å². The molecule has 3 unspecified atom stereocenters. The largest absolute Gasteiger partial charge is 0.313 e. The van der Waals surface area contributed by atoms with Gasteiger partial charge >= 0.3 is 0 Å². The minimum absolute atomic E-state index is 0.359. The summed E-state index contributed by atoms with van der Waals surface area (Å²) in [6.07, 6.45) is 16.0. The quantitative estimate of drug-likeness (QED) is 0.143. The van der Waals surface area contributed by atoms with Gasteiger partial charge in [-0.1, -0.05) is 103 Å². The summed E-state index contributed by atoms with van der Waals surface area (Å²) in [5, 5.41) is 0. The first-order valence-corrected chi connectivity index (χ1v) is 15.2. The van der Waals surface area contributed by atoms with Gasteiger partial charge < -0.3 is 9.80 Å². The van der Waals surface area contributed by atoms with Gasteiger partial charge in [-0.25, -0.2) is 0 Å². The lowest BCUT2D eigenvalue weighted by Crippen LogP contribution is -2.14. The predicted molar refractivity (Wildman–Crippen MR) is 179 cm³/mol.